The van der Waals surface area contributed by atoms with Gasteiger partial charge in [-0.3, -0.25) is 29.4 Å². The van der Waals surface area contributed by atoms with Crippen molar-refractivity contribution in [2.45, 2.75) is 70.8 Å². The van der Waals surface area contributed by atoms with Gasteiger partial charge in [0.15, 0.2) is 0 Å². The van der Waals surface area contributed by atoms with Crippen molar-refractivity contribution in [2.24, 2.45) is 5.41 Å². The highest BCUT2D eigenvalue weighted by Gasteiger charge is 2.44. The number of benzene rings is 1. The van der Waals surface area contributed by atoms with Crippen LogP contribution in [0.4, 0.5) is 0 Å². The van der Waals surface area contributed by atoms with Crippen molar-refractivity contribution >= 4 is 23.6 Å². The minimum atomic E-state index is -0.914. The Morgan fingerprint density at radius 1 is 1.03 bits per heavy atom. The van der Waals surface area contributed by atoms with Crippen molar-refractivity contribution < 1.29 is 19.2 Å². The van der Waals surface area contributed by atoms with Gasteiger partial charge in [-0.25, -0.2) is 0 Å². The van der Waals surface area contributed by atoms with Gasteiger partial charge in [0, 0.05) is 6.42 Å². The zero-order chi connectivity index (χ0) is 22.0. The first-order valence-electron chi connectivity index (χ1n) is 11.5. The number of rotatable bonds is 7. The molecule has 1 unspecified atom stereocenters. The van der Waals surface area contributed by atoms with Gasteiger partial charge in [-0.05, 0) is 81.1 Å². The molecule has 4 rings (SSSR count). The average molecular weight is 426 g/mol. The number of amides is 4. The van der Waals surface area contributed by atoms with Crippen LogP contribution in [0.1, 0.15) is 84.6 Å². The van der Waals surface area contributed by atoms with Crippen molar-refractivity contribution in [3.05, 3.63) is 34.9 Å². The first-order valence-corrected chi connectivity index (χ1v) is 11.5. The molecule has 3 aliphatic heterocycles. The van der Waals surface area contributed by atoms with Crippen LogP contribution in [0.2, 0.25) is 0 Å². The van der Waals surface area contributed by atoms with E-state index in [9.17, 15) is 19.2 Å². The van der Waals surface area contributed by atoms with E-state index in [1.165, 1.54) is 32.1 Å². The van der Waals surface area contributed by atoms with Gasteiger partial charge in [0.05, 0.1) is 11.1 Å². The summed E-state index contributed by atoms with van der Waals surface area (Å²) in [5.41, 5.74) is 2.19. The van der Waals surface area contributed by atoms with Crippen LogP contribution in [0, 0.1) is 5.41 Å². The van der Waals surface area contributed by atoms with Crippen LogP contribution in [0.15, 0.2) is 18.2 Å². The summed E-state index contributed by atoms with van der Waals surface area (Å²) in [5.74, 6) is -1.82. The highest BCUT2D eigenvalue weighted by Crippen LogP contribution is 2.39. The third-order valence-corrected chi connectivity index (χ3v) is 7.12. The molecule has 3 heterocycles. The Balaban J connectivity index is 1.43. The Hall–Kier alpha value is -2.54. The zero-order valence-electron chi connectivity index (χ0n) is 18.2. The minimum Gasteiger partial charge on any atom is -0.317 e. The van der Waals surface area contributed by atoms with E-state index >= 15 is 0 Å². The summed E-state index contributed by atoms with van der Waals surface area (Å²) in [6.07, 6.45) is 8.30. The number of nitrogens with one attached hydrogen (secondary N) is 2. The third kappa shape index (κ3) is 4.28. The van der Waals surface area contributed by atoms with Crippen molar-refractivity contribution in [3.8, 4) is 0 Å². The molecule has 1 atom stereocenters. The van der Waals surface area contributed by atoms with E-state index in [1.807, 2.05) is 12.1 Å². The number of fused-ring (bicyclic) bond motifs is 1. The molecule has 0 saturated carbocycles. The zero-order valence-corrected chi connectivity index (χ0v) is 18.2. The number of hydrogen-bond acceptors (Lipinski definition) is 5. The molecule has 2 saturated heterocycles. The number of aryl methyl sites for hydroxylation is 1. The van der Waals surface area contributed by atoms with E-state index in [-0.39, 0.29) is 18.7 Å². The van der Waals surface area contributed by atoms with Crippen molar-refractivity contribution in [1.82, 2.24) is 15.5 Å². The van der Waals surface area contributed by atoms with Gasteiger partial charge in [0.25, 0.3) is 11.8 Å². The van der Waals surface area contributed by atoms with E-state index < -0.39 is 23.8 Å². The summed E-state index contributed by atoms with van der Waals surface area (Å²) in [6.45, 7) is 4.43. The van der Waals surface area contributed by atoms with Crippen molar-refractivity contribution in [1.29, 1.82) is 0 Å². The Morgan fingerprint density at radius 2 is 1.77 bits per heavy atom. The quantitative estimate of drug-likeness (QED) is 0.655. The van der Waals surface area contributed by atoms with E-state index in [4.69, 9.17) is 0 Å². The fraction of sp³-hybridized carbons (Fsp3) is 0.583. The first-order chi connectivity index (χ1) is 14.9. The summed E-state index contributed by atoms with van der Waals surface area (Å²) in [6, 6.07) is 4.54. The molecule has 0 spiro atoms. The Labute approximate surface area is 182 Å². The molecule has 1 aromatic carbocycles. The van der Waals surface area contributed by atoms with Gasteiger partial charge in [-0.15, -0.1) is 0 Å². The lowest BCUT2D eigenvalue weighted by Crippen LogP contribution is -2.54. The van der Waals surface area contributed by atoms with Crippen LogP contribution in [-0.2, 0) is 16.0 Å². The predicted octanol–water partition coefficient (Wildman–Crippen LogP) is 2.58. The molecule has 2 fully saturated rings. The van der Waals surface area contributed by atoms with E-state index in [0.29, 0.717) is 16.5 Å². The average Bonchev–Trinajstić information content (AvgIpc) is 2.99. The number of piperidine rings is 2. The van der Waals surface area contributed by atoms with Gasteiger partial charge in [-0.1, -0.05) is 19.4 Å². The molecule has 3 aliphatic rings. The molecule has 4 amide bonds. The van der Waals surface area contributed by atoms with E-state index in [2.05, 4.69) is 17.6 Å². The van der Waals surface area contributed by atoms with Crippen molar-refractivity contribution in [2.75, 3.05) is 13.1 Å². The molecule has 0 radical (unpaired) electrons. The summed E-state index contributed by atoms with van der Waals surface area (Å²) in [5, 5.41) is 5.69. The van der Waals surface area contributed by atoms with Crippen LogP contribution in [0.3, 0.4) is 0 Å². The van der Waals surface area contributed by atoms with Crippen LogP contribution in [0.25, 0.3) is 0 Å². The molecule has 2 N–H and O–H groups in total. The van der Waals surface area contributed by atoms with Crippen LogP contribution in [0.5, 0.6) is 0 Å². The summed E-state index contributed by atoms with van der Waals surface area (Å²) in [4.78, 5) is 50.4. The summed E-state index contributed by atoms with van der Waals surface area (Å²) < 4.78 is 0. The fourth-order valence-corrected chi connectivity index (χ4v) is 5.45. The standard InChI is InChI=1S/C24H31N3O4/c1-2-9-24(11-13-25-14-12-24)10-3-4-16-5-6-17-18(15-16)23(31)27(22(17)30)19-7-8-20(28)26-21(19)29/h5-6,15,19,25H,2-4,7-14H2,1H3,(H,26,28,29). The number of nitrogens with zero attached hydrogens (tertiary/aromatic N) is 1. The molecule has 166 valence electrons. The number of carbonyl (C=O) groups excluding carboxylic acids is 4. The second-order valence-electron chi connectivity index (χ2n) is 9.18. The number of carbonyl (C=O) groups is 4. The van der Waals surface area contributed by atoms with Gasteiger partial charge >= 0.3 is 0 Å². The van der Waals surface area contributed by atoms with Gasteiger partial charge in [0.1, 0.15) is 6.04 Å². The minimum absolute atomic E-state index is 0.129. The van der Waals surface area contributed by atoms with Crippen LogP contribution < -0.4 is 10.6 Å². The van der Waals surface area contributed by atoms with Gasteiger partial charge in [0.2, 0.25) is 11.8 Å². The first kappa shape index (κ1) is 21.7. The molecular weight excluding hydrogens is 394 g/mol. The van der Waals surface area contributed by atoms with Crippen LogP contribution in [-0.4, -0.2) is 47.7 Å². The SMILES string of the molecule is CCCC1(CCCc2ccc3c(c2)C(=O)N(C2CCC(=O)NC2=O)C3=O)CCNCC1. The highest BCUT2D eigenvalue weighted by molar-refractivity contribution is 6.23. The smallest absolute Gasteiger partial charge is 0.262 e. The Kier molecular flexibility index (Phi) is 6.23. The fourth-order valence-electron chi connectivity index (χ4n) is 5.45. The molecule has 31 heavy (non-hydrogen) atoms. The molecule has 7 nitrogen and oxygen atoms in total. The predicted molar refractivity (Wildman–Crippen MR) is 115 cm³/mol. The van der Waals surface area contributed by atoms with Crippen molar-refractivity contribution in [3.63, 3.8) is 0 Å². The lowest BCUT2D eigenvalue weighted by Gasteiger charge is -2.38. The Bertz CT molecular complexity index is 899. The summed E-state index contributed by atoms with van der Waals surface area (Å²) in [7, 11) is 0. The molecular formula is C24H31N3O4. The lowest BCUT2D eigenvalue weighted by atomic mass is 9.72. The molecule has 7 heteroatoms. The third-order valence-electron chi connectivity index (χ3n) is 7.12. The maximum absolute atomic E-state index is 13.0. The van der Waals surface area contributed by atoms with E-state index in [0.717, 1.165) is 36.4 Å². The number of hydrogen-bond donors (Lipinski definition) is 2. The molecule has 1 aromatic rings. The molecule has 0 bridgehead atoms. The second kappa shape index (κ2) is 8.91. The molecule has 0 aliphatic carbocycles. The highest BCUT2D eigenvalue weighted by atomic mass is 16.2. The van der Waals surface area contributed by atoms with E-state index in [1.54, 1.807) is 6.07 Å². The molecule has 0 aromatic heterocycles. The number of imide groups is 2. The normalized spacial score (nSPS) is 23.1. The van der Waals surface area contributed by atoms with Crippen LogP contribution >= 0.6 is 0 Å². The lowest BCUT2D eigenvalue weighted by molar-refractivity contribution is -0.136. The maximum Gasteiger partial charge on any atom is 0.262 e. The van der Waals surface area contributed by atoms with Gasteiger partial charge < -0.3 is 5.32 Å². The monoisotopic (exact) mass is 425 g/mol. The Morgan fingerprint density at radius 3 is 2.48 bits per heavy atom. The van der Waals surface area contributed by atoms with Gasteiger partial charge in [-0.2, -0.15) is 0 Å². The maximum atomic E-state index is 13.0. The topological polar surface area (TPSA) is 95.6 Å². The second-order valence-corrected chi connectivity index (χ2v) is 9.18. The summed E-state index contributed by atoms with van der Waals surface area (Å²) >= 11 is 0. The largest absolute Gasteiger partial charge is 0.317 e.